The van der Waals surface area contributed by atoms with Crippen LogP contribution in [0.1, 0.15) is 19.8 Å². The molecule has 0 aromatic carbocycles. The van der Waals surface area contributed by atoms with Crippen molar-refractivity contribution in [3.8, 4) is 0 Å². The molecule has 9 heteroatoms. The molecule has 1 saturated heterocycles. The first-order chi connectivity index (χ1) is 9.30. The van der Waals surface area contributed by atoms with Gasteiger partial charge in [-0.2, -0.15) is 4.31 Å². The number of sulfonamides is 1. The highest BCUT2D eigenvalue weighted by Crippen LogP contribution is 2.47. The molecule has 1 aliphatic heterocycles. The number of rotatable bonds is 5. The maximum atomic E-state index is 12.5. The summed E-state index contributed by atoms with van der Waals surface area (Å²) in [7, 11) is -2.93. The molecule has 0 aromatic heterocycles. The molecule has 1 aliphatic carbocycles. The summed E-state index contributed by atoms with van der Waals surface area (Å²) in [5, 5.41) is 7.43. The molecule has 0 aromatic rings. The van der Waals surface area contributed by atoms with Gasteiger partial charge in [0.05, 0.1) is 12.5 Å². The first kappa shape index (κ1) is 15.6. The van der Waals surface area contributed by atoms with Crippen molar-refractivity contribution in [1.82, 2.24) is 4.31 Å². The Hall–Kier alpha value is -0.800. The zero-order valence-electron chi connectivity index (χ0n) is 11.2. The van der Waals surface area contributed by atoms with Crippen LogP contribution in [-0.2, 0) is 24.3 Å². The Morgan fingerprint density at radius 1 is 1.40 bits per heavy atom. The van der Waals surface area contributed by atoms with Gasteiger partial charge >= 0.3 is 11.9 Å². The number of carbonyl (C=O) groups is 2. The molecule has 1 N–H and O–H groups in total. The molecular weight excluding hydrogens is 306 g/mol. The highest BCUT2D eigenvalue weighted by Gasteiger charge is 2.53. The van der Waals surface area contributed by atoms with Crippen LogP contribution >= 0.6 is 11.8 Å². The van der Waals surface area contributed by atoms with Gasteiger partial charge in [0.15, 0.2) is 5.25 Å². The minimum atomic E-state index is -4.04. The molecule has 3 atom stereocenters. The first-order valence-corrected chi connectivity index (χ1v) is 8.80. The van der Waals surface area contributed by atoms with Crippen molar-refractivity contribution in [3.63, 3.8) is 0 Å². The SMILES string of the molecule is COC(=O)C(C)S(=O)(=O)N1C(C(=O)O)CSC1C1CC1. The number of thioether (sulfide) groups is 1. The Kier molecular flexibility index (Phi) is 4.31. The number of carbonyl (C=O) groups excluding carboxylic acids is 1. The Morgan fingerprint density at radius 2 is 2.00 bits per heavy atom. The molecule has 0 radical (unpaired) electrons. The zero-order chi connectivity index (χ0) is 15.1. The van der Waals surface area contributed by atoms with Crippen molar-refractivity contribution < 1.29 is 27.9 Å². The molecule has 20 heavy (non-hydrogen) atoms. The number of carboxylic acid groups (broad SMARTS) is 1. The molecule has 0 spiro atoms. The fraction of sp³-hybridized carbons (Fsp3) is 0.818. The summed E-state index contributed by atoms with van der Waals surface area (Å²) in [5.74, 6) is -1.66. The summed E-state index contributed by atoms with van der Waals surface area (Å²) < 4.78 is 30.6. The molecule has 3 unspecified atom stereocenters. The second-order valence-electron chi connectivity index (χ2n) is 4.96. The third kappa shape index (κ3) is 2.66. The maximum absolute atomic E-state index is 12.5. The molecule has 2 aliphatic rings. The van der Waals surface area contributed by atoms with E-state index in [2.05, 4.69) is 4.74 Å². The fourth-order valence-electron chi connectivity index (χ4n) is 2.21. The van der Waals surface area contributed by atoms with E-state index in [-0.39, 0.29) is 17.0 Å². The van der Waals surface area contributed by atoms with Gasteiger partial charge in [-0.05, 0) is 25.7 Å². The van der Waals surface area contributed by atoms with Crippen LogP contribution in [0.25, 0.3) is 0 Å². The number of carboxylic acids is 1. The van der Waals surface area contributed by atoms with Crippen LogP contribution in [0, 0.1) is 5.92 Å². The highest BCUT2D eigenvalue weighted by atomic mass is 32.2. The van der Waals surface area contributed by atoms with E-state index in [1.807, 2.05) is 0 Å². The third-order valence-corrected chi connectivity index (χ3v) is 7.32. The average Bonchev–Trinajstić information content (AvgIpc) is 3.14. The summed E-state index contributed by atoms with van der Waals surface area (Å²) in [6.07, 6.45) is 1.78. The molecule has 1 saturated carbocycles. The molecule has 1 heterocycles. The lowest BCUT2D eigenvalue weighted by Gasteiger charge is -2.28. The van der Waals surface area contributed by atoms with E-state index in [4.69, 9.17) is 0 Å². The van der Waals surface area contributed by atoms with E-state index in [0.717, 1.165) is 24.3 Å². The van der Waals surface area contributed by atoms with Crippen molar-refractivity contribution in [2.75, 3.05) is 12.9 Å². The number of ether oxygens (including phenoxy) is 1. The smallest absolute Gasteiger partial charge is 0.325 e. The normalized spacial score (nSPS) is 29.1. The second-order valence-corrected chi connectivity index (χ2v) is 8.26. The van der Waals surface area contributed by atoms with Crippen LogP contribution in [0.4, 0.5) is 0 Å². The topological polar surface area (TPSA) is 101 Å². The van der Waals surface area contributed by atoms with Gasteiger partial charge in [-0.25, -0.2) is 8.42 Å². The van der Waals surface area contributed by atoms with Crippen LogP contribution in [-0.4, -0.2) is 59.3 Å². The van der Waals surface area contributed by atoms with E-state index in [1.165, 1.54) is 18.7 Å². The second kappa shape index (κ2) is 5.53. The average molecular weight is 323 g/mol. The van der Waals surface area contributed by atoms with E-state index in [0.29, 0.717) is 0 Å². The van der Waals surface area contributed by atoms with E-state index >= 15 is 0 Å². The maximum Gasteiger partial charge on any atom is 0.325 e. The number of nitrogens with zero attached hydrogens (tertiary/aromatic N) is 1. The van der Waals surface area contributed by atoms with Gasteiger partial charge in [0.1, 0.15) is 6.04 Å². The number of hydrogen-bond donors (Lipinski definition) is 1. The van der Waals surface area contributed by atoms with Crippen LogP contribution in [0.5, 0.6) is 0 Å². The number of aliphatic carboxylic acids is 1. The summed E-state index contributed by atoms with van der Waals surface area (Å²) in [5.41, 5.74) is 0. The van der Waals surface area contributed by atoms with E-state index in [1.54, 1.807) is 0 Å². The van der Waals surface area contributed by atoms with Gasteiger partial charge < -0.3 is 9.84 Å². The van der Waals surface area contributed by atoms with Crippen molar-refractivity contribution in [2.24, 2.45) is 5.92 Å². The van der Waals surface area contributed by atoms with Gasteiger partial charge in [0.2, 0.25) is 10.0 Å². The largest absolute Gasteiger partial charge is 0.480 e. The Balaban J connectivity index is 2.33. The zero-order valence-corrected chi connectivity index (χ0v) is 12.8. The molecule has 2 rings (SSSR count). The Morgan fingerprint density at radius 3 is 2.45 bits per heavy atom. The van der Waals surface area contributed by atoms with Gasteiger partial charge in [-0.1, -0.05) is 0 Å². The molecule has 2 fully saturated rings. The predicted octanol–water partition coefficient (Wildman–Crippen LogP) is 0.116. The predicted molar refractivity (Wildman–Crippen MR) is 72.6 cm³/mol. The quantitative estimate of drug-likeness (QED) is 0.717. The molecule has 7 nitrogen and oxygen atoms in total. The van der Waals surface area contributed by atoms with Crippen molar-refractivity contribution in [3.05, 3.63) is 0 Å². The minimum Gasteiger partial charge on any atom is -0.480 e. The van der Waals surface area contributed by atoms with Crippen LogP contribution < -0.4 is 0 Å². The first-order valence-electron chi connectivity index (χ1n) is 6.25. The lowest BCUT2D eigenvalue weighted by atomic mass is 10.3. The molecule has 0 bridgehead atoms. The van der Waals surface area contributed by atoms with Crippen LogP contribution in [0.15, 0.2) is 0 Å². The number of esters is 1. The molecule has 0 amide bonds. The summed E-state index contributed by atoms with van der Waals surface area (Å²) in [6, 6.07) is -1.11. The number of methoxy groups -OCH3 is 1. The third-order valence-electron chi connectivity index (χ3n) is 3.57. The lowest BCUT2D eigenvalue weighted by molar-refractivity contribution is -0.142. The standard InChI is InChI=1S/C11H17NO6S2/c1-6(11(15)18-2)20(16,17)12-8(10(13)14)5-19-9(12)7-3-4-7/h6-9H,3-5H2,1-2H3,(H,13,14). The van der Waals surface area contributed by atoms with Crippen molar-refractivity contribution >= 4 is 33.7 Å². The van der Waals surface area contributed by atoms with Crippen molar-refractivity contribution in [2.45, 2.75) is 36.4 Å². The number of hydrogen-bond acceptors (Lipinski definition) is 6. The summed E-state index contributed by atoms with van der Waals surface area (Å²) in [6.45, 7) is 1.23. The molecular formula is C11H17NO6S2. The van der Waals surface area contributed by atoms with Gasteiger partial charge in [0.25, 0.3) is 0 Å². The van der Waals surface area contributed by atoms with E-state index < -0.39 is 33.3 Å². The summed E-state index contributed by atoms with van der Waals surface area (Å²) >= 11 is 1.33. The van der Waals surface area contributed by atoms with E-state index in [9.17, 15) is 23.1 Å². The lowest BCUT2D eigenvalue weighted by Crippen LogP contribution is -2.51. The van der Waals surface area contributed by atoms with Crippen molar-refractivity contribution in [1.29, 1.82) is 0 Å². The highest BCUT2D eigenvalue weighted by molar-refractivity contribution is 8.01. The minimum absolute atomic E-state index is 0.184. The van der Waals surface area contributed by atoms with Crippen LogP contribution in [0.3, 0.4) is 0 Å². The Bertz CT molecular complexity index is 515. The molecule has 114 valence electrons. The fourth-order valence-corrected chi connectivity index (χ4v) is 6.06. The van der Waals surface area contributed by atoms with Gasteiger partial charge in [0, 0.05) is 5.75 Å². The summed E-state index contributed by atoms with van der Waals surface area (Å²) in [4.78, 5) is 22.8. The monoisotopic (exact) mass is 323 g/mol. The van der Waals surface area contributed by atoms with Gasteiger partial charge in [-0.3, -0.25) is 9.59 Å². The Labute approximate surface area is 121 Å². The van der Waals surface area contributed by atoms with Crippen LogP contribution in [0.2, 0.25) is 0 Å². The van der Waals surface area contributed by atoms with Gasteiger partial charge in [-0.15, -0.1) is 11.8 Å².